The highest BCUT2D eigenvalue weighted by Crippen LogP contribution is 2.32. The maximum Gasteiger partial charge on any atom is 0.573 e. The minimum atomic E-state index is -4.74. The van der Waals surface area contributed by atoms with Gasteiger partial charge in [-0.1, -0.05) is 48.2 Å². The molecule has 41 heavy (non-hydrogen) atoms. The Kier molecular flexibility index (Phi) is 6.74. The fraction of sp³-hybridized carbons (Fsp3) is 0.133. The Hall–Kier alpha value is -4.64. The predicted molar refractivity (Wildman–Crippen MR) is 156 cm³/mol. The van der Waals surface area contributed by atoms with Gasteiger partial charge >= 0.3 is 6.36 Å². The van der Waals surface area contributed by atoms with Crippen molar-refractivity contribution in [2.24, 2.45) is 10.2 Å². The van der Waals surface area contributed by atoms with Crippen LogP contribution in [0.15, 0.2) is 89.3 Å². The lowest BCUT2D eigenvalue weighted by Crippen LogP contribution is -2.30. The number of anilines is 1. The third-order valence-corrected chi connectivity index (χ3v) is 7.60. The van der Waals surface area contributed by atoms with Crippen LogP contribution >= 0.6 is 11.8 Å². The van der Waals surface area contributed by atoms with Crippen LogP contribution in [0.3, 0.4) is 0 Å². The number of aromatic nitrogens is 2. The molecule has 1 fully saturated rings. The number of para-hydroxylation sites is 1. The molecule has 0 unspecified atom stereocenters. The van der Waals surface area contributed by atoms with Gasteiger partial charge in [-0.15, -0.1) is 18.3 Å². The average molecular weight is 574 g/mol. The van der Waals surface area contributed by atoms with Crippen LogP contribution in [0.1, 0.15) is 16.7 Å². The van der Waals surface area contributed by atoms with Crippen LogP contribution in [0.4, 0.5) is 18.9 Å². The summed E-state index contributed by atoms with van der Waals surface area (Å²) < 4.78 is 43.2. The number of nitrogens with zero attached hydrogens (tertiary/aromatic N) is 5. The Labute approximate surface area is 237 Å². The number of amides is 1. The Morgan fingerprint density at radius 1 is 1.00 bits per heavy atom. The van der Waals surface area contributed by atoms with Gasteiger partial charge in [-0.25, -0.2) is 4.98 Å². The van der Waals surface area contributed by atoms with Crippen LogP contribution in [0, 0.1) is 13.8 Å². The van der Waals surface area contributed by atoms with Crippen LogP contribution in [-0.4, -0.2) is 39.0 Å². The van der Waals surface area contributed by atoms with Crippen molar-refractivity contribution in [1.82, 2.24) is 9.55 Å². The van der Waals surface area contributed by atoms with E-state index in [1.54, 1.807) is 34.1 Å². The molecule has 4 aromatic carbocycles. The molecule has 0 radical (unpaired) electrons. The number of hydrogen-bond donors (Lipinski definition) is 0. The molecule has 1 aliphatic heterocycles. The highest BCUT2D eigenvalue weighted by molar-refractivity contribution is 8.15. The second-order valence-corrected chi connectivity index (χ2v) is 10.4. The van der Waals surface area contributed by atoms with Crippen LogP contribution < -0.4 is 9.64 Å². The van der Waals surface area contributed by atoms with Crippen molar-refractivity contribution in [1.29, 1.82) is 0 Å². The number of rotatable bonds is 5. The number of ether oxygens (including phenoxy) is 1. The van der Waals surface area contributed by atoms with E-state index in [0.29, 0.717) is 16.6 Å². The normalized spacial score (nSPS) is 15.2. The van der Waals surface area contributed by atoms with Crippen LogP contribution in [0.5, 0.6) is 5.75 Å². The molecular formula is C30H22F3N5O2S. The molecule has 0 saturated carbocycles. The number of aryl methyl sites for hydroxylation is 2. The molecule has 0 bridgehead atoms. The fourth-order valence-electron chi connectivity index (χ4n) is 4.88. The topological polar surface area (TPSA) is 72.1 Å². The van der Waals surface area contributed by atoms with Crippen molar-refractivity contribution >= 4 is 56.5 Å². The van der Waals surface area contributed by atoms with Crippen LogP contribution in [0.25, 0.3) is 27.5 Å². The molecule has 1 aliphatic rings. The first-order valence-corrected chi connectivity index (χ1v) is 13.6. The molecule has 2 heterocycles. The van der Waals surface area contributed by atoms with Gasteiger partial charge in [-0.05, 0) is 72.3 Å². The standard InChI is InChI=1S/C30H22F3N5O2S/c1-18-4-3-5-19(2)28(18)38-26(39)16-41-29(38)36-35-15-20-6-12-24-21(14-20)7-13-25-27(24)34-17-37(25)22-8-10-23(11-9-22)40-30(31,32)33/h3-15,17H,16H2,1-2H3. The monoisotopic (exact) mass is 573 g/mol. The molecule has 0 atom stereocenters. The zero-order valence-electron chi connectivity index (χ0n) is 21.9. The number of benzene rings is 4. The summed E-state index contributed by atoms with van der Waals surface area (Å²) in [6, 6.07) is 21.2. The van der Waals surface area contributed by atoms with Gasteiger partial charge in [-0.2, -0.15) is 5.10 Å². The number of fused-ring (bicyclic) bond motifs is 3. The zero-order valence-corrected chi connectivity index (χ0v) is 22.7. The Morgan fingerprint density at radius 2 is 1.76 bits per heavy atom. The third kappa shape index (κ3) is 5.28. The number of thioether (sulfide) groups is 1. The summed E-state index contributed by atoms with van der Waals surface area (Å²) in [6.07, 6.45) is -1.46. The third-order valence-electron chi connectivity index (χ3n) is 6.68. The van der Waals surface area contributed by atoms with Crippen molar-refractivity contribution in [2.45, 2.75) is 20.2 Å². The van der Waals surface area contributed by atoms with Gasteiger partial charge in [0.05, 0.1) is 28.7 Å². The highest BCUT2D eigenvalue weighted by Gasteiger charge is 2.32. The Balaban J connectivity index is 1.26. The SMILES string of the molecule is Cc1cccc(C)c1N1C(=O)CSC1=NN=Cc1ccc2c(ccc3c2ncn3-c2ccc(OC(F)(F)F)cc2)c1. The fourth-order valence-corrected chi connectivity index (χ4v) is 5.69. The zero-order chi connectivity index (χ0) is 28.7. The van der Waals surface area contributed by atoms with Crippen LogP contribution in [-0.2, 0) is 4.79 Å². The quantitative estimate of drug-likeness (QED) is 0.165. The van der Waals surface area contributed by atoms with E-state index in [4.69, 9.17) is 0 Å². The maximum absolute atomic E-state index is 12.7. The summed E-state index contributed by atoms with van der Waals surface area (Å²) in [7, 11) is 0. The summed E-state index contributed by atoms with van der Waals surface area (Å²) in [6.45, 7) is 3.94. The molecule has 0 aliphatic carbocycles. The molecule has 7 nitrogen and oxygen atoms in total. The van der Waals surface area contributed by atoms with E-state index in [2.05, 4.69) is 19.9 Å². The molecule has 0 spiro atoms. The first kappa shape index (κ1) is 26.6. The summed E-state index contributed by atoms with van der Waals surface area (Å²) in [5.41, 5.74) is 5.88. The van der Waals surface area contributed by atoms with Gasteiger partial charge in [0.2, 0.25) is 5.91 Å². The van der Waals surface area contributed by atoms with Gasteiger partial charge in [-0.3, -0.25) is 14.3 Å². The molecule has 5 aromatic rings. The van der Waals surface area contributed by atoms with Gasteiger partial charge in [0, 0.05) is 11.1 Å². The number of halogens is 3. The lowest BCUT2D eigenvalue weighted by atomic mass is 10.1. The minimum absolute atomic E-state index is 0.0268. The molecule has 1 saturated heterocycles. The van der Waals surface area contributed by atoms with Gasteiger partial charge in [0.15, 0.2) is 5.17 Å². The highest BCUT2D eigenvalue weighted by atomic mass is 32.2. The van der Waals surface area contributed by atoms with Gasteiger partial charge < -0.3 is 4.74 Å². The van der Waals surface area contributed by atoms with Crippen molar-refractivity contribution in [3.8, 4) is 11.4 Å². The van der Waals surface area contributed by atoms with Crippen molar-refractivity contribution in [2.75, 3.05) is 10.7 Å². The number of hydrogen-bond acceptors (Lipinski definition) is 6. The maximum atomic E-state index is 12.7. The van der Waals surface area contributed by atoms with Crippen molar-refractivity contribution < 1.29 is 22.7 Å². The largest absolute Gasteiger partial charge is 0.573 e. The smallest absolute Gasteiger partial charge is 0.406 e. The van der Waals surface area contributed by atoms with E-state index in [0.717, 1.165) is 44.2 Å². The van der Waals surface area contributed by atoms with Gasteiger partial charge in [0.1, 0.15) is 12.1 Å². The van der Waals surface area contributed by atoms with Crippen LogP contribution in [0.2, 0.25) is 0 Å². The number of alkyl halides is 3. The Bertz CT molecular complexity index is 1840. The Morgan fingerprint density at radius 3 is 2.49 bits per heavy atom. The van der Waals surface area contributed by atoms with E-state index < -0.39 is 6.36 Å². The molecule has 1 amide bonds. The number of amidine groups is 1. The number of imidazole rings is 1. The first-order chi connectivity index (χ1) is 19.7. The lowest BCUT2D eigenvalue weighted by Gasteiger charge is -2.20. The summed E-state index contributed by atoms with van der Waals surface area (Å²) >= 11 is 1.36. The summed E-state index contributed by atoms with van der Waals surface area (Å²) in [5, 5.41) is 11.0. The molecular weight excluding hydrogens is 551 g/mol. The molecule has 206 valence electrons. The van der Waals surface area contributed by atoms with E-state index in [1.807, 2.05) is 62.4 Å². The number of carbonyl (C=O) groups excluding carboxylic acids is 1. The number of carbonyl (C=O) groups is 1. The van der Waals surface area contributed by atoms with E-state index in [-0.39, 0.29) is 11.7 Å². The second kappa shape index (κ2) is 10.4. The minimum Gasteiger partial charge on any atom is -0.406 e. The molecule has 11 heteroatoms. The second-order valence-electron chi connectivity index (χ2n) is 9.46. The van der Waals surface area contributed by atoms with E-state index in [9.17, 15) is 18.0 Å². The van der Waals surface area contributed by atoms with Crippen molar-refractivity contribution in [3.05, 3.63) is 95.8 Å². The van der Waals surface area contributed by atoms with Crippen molar-refractivity contribution in [3.63, 3.8) is 0 Å². The van der Waals surface area contributed by atoms with E-state index >= 15 is 0 Å². The molecule has 0 N–H and O–H groups in total. The molecule has 1 aromatic heterocycles. The lowest BCUT2D eigenvalue weighted by molar-refractivity contribution is -0.274. The first-order valence-electron chi connectivity index (χ1n) is 12.6. The average Bonchev–Trinajstić information content (AvgIpc) is 3.52. The predicted octanol–water partition coefficient (Wildman–Crippen LogP) is 7.16. The van der Waals surface area contributed by atoms with Gasteiger partial charge in [0.25, 0.3) is 0 Å². The summed E-state index contributed by atoms with van der Waals surface area (Å²) in [5.74, 6) is -0.000611. The van der Waals surface area contributed by atoms with E-state index in [1.165, 1.54) is 23.9 Å². The molecule has 6 rings (SSSR count). The summed E-state index contributed by atoms with van der Waals surface area (Å²) in [4.78, 5) is 18.9.